The Kier molecular flexibility index (Phi) is 5.66. The number of hydrogen-bond acceptors (Lipinski definition) is 5. The lowest BCUT2D eigenvalue weighted by Gasteiger charge is -2.20. The molecule has 9 nitrogen and oxygen atoms in total. The van der Waals surface area contributed by atoms with E-state index in [2.05, 4.69) is 15.4 Å². The number of anilines is 1. The molecule has 1 aliphatic carbocycles. The number of amides is 2. The first-order valence-electron chi connectivity index (χ1n) is 11.7. The zero-order valence-corrected chi connectivity index (χ0v) is 19.3. The van der Waals surface area contributed by atoms with Crippen LogP contribution in [0.5, 0.6) is 0 Å². The number of halogens is 1. The van der Waals surface area contributed by atoms with Crippen molar-refractivity contribution in [2.75, 3.05) is 5.32 Å². The lowest BCUT2D eigenvalue weighted by molar-refractivity contribution is -0.116. The van der Waals surface area contributed by atoms with Crippen LogP contribution >= 0.6 is 0 Å². The second kappa shape index (κ2) is 8.66. The van der Waals surface area contributed by atoms with Crippen LogP contribution in [0.15, 0.2) is 29.2 Å². The molecule has 1 aliphatic heterocycles. The predicted octanol–water partition coefficient (Wildman–Crippen LogP) is 3.08. The maximum Gasteiger partial charge on any atom is 0.280 e. The quantitative estimate of drug-likeness (QED) is 0.623. The molecule has 3 aromatic rings. The SMILES string of the molecule is CC(C)N1Cc2c(n(CC(=O)Nc3ccc(F)cn3)c3cc(C4CCCCC4)nn3c2=O)C1=O. The van der Waals surface area contributed by atoms with E-state index >= 15 is 0 Å². The van der Waals surface area contributed by atoms with Gasteiger partial charge in [-0.15, -0.1) is 0 Å². The Hall–Kier alpha value is -3.56. The Morgan fingerprint density at radius 3 is 2.65 bits per heavy atom. The number of nitrogens with zero attached hydrogens (tertiary/aromatic N) is 5. The summed E-state index contributed by atoms with van der Waals surface area (Å²) in [5, 5.41) is 7.27. The minimum atomic E-state index is -0.508. The van der Waals surface area contributed by atoms with Crippen molar-refractivity contribution in [3.8, 4) is 0 Å². The molecule has 178 valence electrons. The van der Waals surface area contributed by atoms with Gasteiger partial charge in [0.05, 0.1) is 24.0 Å². The van der Waals surface area contributed by atoms with Crippen LogP contribution in [0.4, 0.5) is 10.2 Å². The Labute approximate surface area is 195 Å². The van der Waals surface area contributed by atoms with E-state index in [4.69, 9.17) is 0 Å². The number of fused-ring (bicyclic) bond motifs is 2. The maximum absolute atomic E-state index is 13.4. The number of nitrogens with one attached hydrogen (secondary N) is 1. The van der Waals surface area contributed by atoms with Gasteiger partial charge >= 0.3 is 0 Å². The molecule has 0 bridgehead atoms. The lowest BCUT2D eigenvalue weighted by atomic mass is 9.87. The van der Waals surface area contributed by atoms with Gasteiger partial charge in [0.15, 0.2) is 0 Å². The highest BCUT2D eigenvalue weighted by Gasteiger charge is 2.36. The fourth-order valence-corrected chi connectivity index (χ4v) is 4.95. The van der Waals surface area contributed by atoms with Gasteiger partial charge in [-0.1, -0.05) is 19.3 Å². The Bertz CT molecular complexity index is 1320. The maximum atomic E-state index is 13.4. The van der Waals surface area contributed by atoms with Gasteiger partial charge in [0.25, 0.3) is 11.5 Å². The van der Waals surface area contributed by atoms with Crippen LogP contribution in [0, 0.1) is 5.82 Å². The molecule has 2 amide bonds. The van der Waals surface area contributed by atoms with Gasteiger partial charge in [0.2, 0.25) is 5.91 Å². The molecular weight excluding hydrogens is 439 g/mol. The third kappa shape index (κ3) is 3.86. The summed E-state index contributed by atoms with van der Waals surface area (Å²) in [6.07, 6.45) is 6.47. The van der Waals surface area contributed by atoms with Crippen molar-refractivity contribution in [2.45, 2.75) is 71.0 Å². The van der Waals surface area contributed by atoms with Crippen molar-refractivity contribution in [1.82, 2.24) is 24.1 Å². The first-order chi connectivity index (χ1) is 16.3. The Morgan fingerprint density at radius 2 is 1.97 bits per heavy atom. The smallest absolute Gasteiger partial charge is 0.280 e. The second-order valence-electron chi connectivity index (χ2n) is 9.33. The number of rotatable bonds is 5. The van der Waals surface area contributed by atoms with Gasteiger partial charge in [-0.3, -0.25) is 14.4 Å². The monoisotopic (exact) mass is 466 g/mol. The summed E-state index contributed by atoms with van der Waals surface area (Å²) < 4.78 is 16.1. The van der Waals surface area contributed by atoms with Gasteiger partial charge in [-0.05, 0) is 38.8 Å². The molecule has 1 saturated carbocycles. The average Bonchev–Trinajstić information content (AvgIpc) is 3.42. The average molecular weight is 467 g/mol. The van der Waals surface area contributed by atoms with Crippen LogP contribution < -0.4 is 10.9 Å². The van der Waals surface area contributed by atoms with Crippen LogP contribution in [0.2, 0.25) is 0 Å². The Balaban J connectivity index is 1.59. The second-order valence-corrected chi connectivity index (χ2v) is 9.33. The van der Waals surface area contributed by atoms with E-state index in [1.54, 1.807) is 9.47 Å². The van der Waals surface area contributed by atoms with Crippen molar-refractivity contribution in [3.63, 3.8) is 0 Å². The van der Waals surface area contributed by atoms with E-state index in [0.29, 0.717) is 11.2 Å². The molecular formula is C24H27FN6O3. The summed E-state index contributed by atoms with van der Waals surface area (Å²) in [5.41, 5.74) is 1.50. The first kappa shape index (κ1) is 22.2. The molecule has 0 spiro atoms. The van der Waals surface area contributed by atoms with Crippen LogP contribution in [0.25, 0.3) is 5.65 Å². The number of carbonyl (C=O) groups excluding carboxylic acids is 2. The van der Waals surface area contributed by atoms with Crippen LogP contribution in [0.1, 0.15) is 73.6 Å². The largest absolute Gasteiger partial charge is 0.330 e. The molecule has 1 fully saturated rings. The molecule has 0 unspecified atom stereocenters. The number of aromatic nitrogens is 4. The molecule has 34 heavy (non-hydrogen) atoms. The summed E-state index contributed by atoms with van der Waals surface area (Å²) >= 11 is 0. The molecule has 3 aromatic heterocycles. The van der Waals surface area contributed by atoms with Gasteiger partial charge in [0.1, 0.15) is 29.5 Å². The van der Waals surface area contributed by atoms with E-state index in [-0.39, 0.29) is 48.0 Å². The molecule has 5 rings (SSSR count). The summed E-state index contributed by atoms with van der Waals surface area (Å²) in [4.78, 5) is 45.1. The predicted molar refractivity (Wildman–Crippen MR) is 123 cm³/mol. The molecule has 0 aromatic carbocycles. The third-order valence-electron chi connectivity index (χ3n) is 6.73. The van der Waals surface area contributed by atoms with E-state index < -0.39 is 11.7 Å². The molecule has 0 radical (unpaired) electrons. The normalized spacial score (nSPS) is 16.5. The minimum Gasteiger partial charge on any atom is -0.330 e. The fraction of sp³-hybridized carbons (Fsp3) is 0.458. The number of hydrogen-bond donors (Lipinski definition) is 1. The van der Waals surface area contributed by atoms with Crippen molar-refractivity contribution < 1.29 is 14.0 Å². The van der Waals surface area contributed by atoms with E-state index in [1.165, 1.54) is 23.1 Å². The lowest BCUT2D eigenvalue weighted by Crippen LogP contribution is -2.32. The molecule has 2 aliphatic rings. The zero-order chi connectivity index (χ0) is 24.0. The van der Waals surface area contributed by atoms with E-state index in [9.17, 15) is 18.8 Å². The van der Waals surface area contributed by atoms with Gasteiger partial charge in [-0.25, -0.2) is 9.37 Å². The van der Waals surface area contributed by atoms with E-state index in [0.717, 1.165) is 37.6 Å². The summed E-state index contributed by atoms with van der Waals surface area (Å²) in [6, 6.07) is 4.31. The highest BCUT2D eigenvalue weighted by molar-refractivity contribution is 5.98. The molecule has 0 atom stereocenters. The fourth-order valence-electron chi connectivity index (χ4n) is 4.95. The highest BCUT2D eigenvalue weighted by atomic mass is 19.1. The standard InChI is InChI=1S/C24H27FN6O3/c1-14(2)29-12-17-22(24(29)34)30(13-20(32)27-19-9-8-16(25)11-26-19)21-10-18(28-31(21)23(17)33)15-6-4-3-5-7-15/h8-11,14-15H,3-7,12-13H2,1-2H3,(H,26,27,32). The van der Waals surface area contributed by atoms with Crippen molar-refractivity contribution in [3.05, 3.63) is 57.5 Å². The first-order valence-corrected chi connectivity index (χ1v) is 11.7. The highest BCUT2D eigenvalue weighted by Crippen LogP contribution is 2.33. The topological polar surface area (TPSA) is 102 Å². The van der Waals surface area contributed by atoms with E-state index in [1.807, 2.05) is 19.9 Å². The molecule has 0 saturated heterocycles. The summed E-state index contributed by atoms with van der Waals surface area (Å²) in [7, 11) is 0. The third-order valence-corrected chi connectivity index (χ3v) is 6.73. The van der Waals surface area contributed by atoms with Gasteiger partial charge in [0, 0.05) is 18.0 Å². The van der Waals surface area contributed by atoms with Gasteiger partial charge in [-0.2, -0.15) is 9.61 Å². The summed E-state index contributed by atoms with van der Waals surface area (Å²) in [5.74, 6) is -0.768. The zero-order valence-electron chi connectivity index (χ0n) is 19.3. The van der Waals surface area contributed by atoms with Crippen molar-refractivity contribution >= 4 is 23.3 Å². The van der Waals surface area contributed by atoms with Crippen LogP contribution in [-0.4, -0.2) is 41.9 Å². The van der Waals surface area contributed by atoms with Crippen LogP contribution in [0.3, 0.4) is 0 Å². The minimum absolute atomic E-state index is 0.102. The van der Waals surface area contributed by atoms with Crippen LogP contribution in [-0.2, 0) is 17.9 Å². The van der Waals surface area contributed by atoms with Crippen molar-refractivity contribution in [2.24, 2.45) is 0 Å². The molecule has 10 heteroatoms. The molecule has 4 heterocycles. The number of pyridine rings is 1. The van der Waals surface area contributed by atoms with Crippen molar-refractivity contribution in [1.29, 1.82) is 0 Å². The molecule has 1 N–H and O–H groups in total. The van der Waals surface area contributed by atoms with Gasteiger partial charge < -0.3 is 14.8 Å². The Morgan fingerprint density at radius 1 is 1.21 bits per heavy atom. The summed E-state index contributed by atoms with van der Waals surface area (Å²) in [6.45, 7) is 3.74. The number of carbonyl (C=O) groups is 2.